The summed E-state index contributed by atoms with van der Waals surface area (Å²) in [5.74, 6) is 2.76. The lowest BCUT2D eigenvalue weighted by molar-refractivity contribution is 0.0926. The Hall–Kier alpha value is -0.520. The molecule has 0 aromatic heterocycles. The Labute approximate surface area is 88.1 Å². The van der Waals surface area contributed by atoms with Crippen molar-refractivity contribution < 1.29 is 0 Å². The minimum atomic E-state index is 0.523. The molecule has 0 radical (unpaired) electrons. The second-order valence-electron chi connectivity index (χ2n) is 4.33. The van der Waals surface area contributed by atoms with Crippen molar-refractivity contribution in [2.45, 2.75) is 51.7 Å². The van der Waals surface area contributed by atoms with Crippen molar-refractivity contribution in [2.75, 3.05) is 13.1 Å². The van der Waals surface area contributed by atoms with Gasteiger partial charge < -0.3 is 5.32 Å². The first kappa shape index (κ1) is 11.6. The first-order valence-electron chi connectivity index (χ1n) is 5.61. The van der Waals surface area contributed by atoms with Gasteiger partial charge in [-0.05, 0) is 20.3 Å². The highest BCUT2D eigenvalue weighted by Gasteiger charge is 2.27. The quantitative estimate of drug-likeness (QED) is 0.684. The number of hydrogen-bond acceptors (Lipinski definition) is 2. The molecule has 0 aromatic carbocycles. The summed E-state index contributed by atoms with van der Waals surface area (Å²) in [5, 5.41) is 3.52. The summed E-state index contributed by atoms with van der Waals surface area (Å²) in [6.45, 7) is 8.95. The van der Waals surface area contributed by atoms with Gasteiger partial charge in [-0.15, -0.1) is 12.3 Å². The maximum absolute atomic E-state index is 5.37. The van der Waals surface area contributed by atoms with Crippen LogP contribution in [0.25, 0.3) is 0 Å². The highest BCUT2D eigenvalue weighted by Crippen LogP contribution is 2.15. The minimum Gasteiger partial charge on any atom is -0.311 e. The standard InChI is InChI=1S/C12H22N2/c1-5-7-11(4)14-9-10(3)13-8-12(14)6-2/h1,10-13H,6-9H2,2-4H3. The maximum Gasteiger partial charge on any atom is 0.0240 e. The zero-order chi connectivity index (χ0) is 10.6. The third kappa shape index (κ3) is 2.73. The van der Waals surface area contributed by atoms with Gasteiger partial charge in [0.05, 0.1) is 0 Å². The Morgan fingerprint density at radius 2 is 2.36 bits per heavy atom. The predicted octanol–water partition coefficient (Wildman–Crippen LogP) is 1.47. The Balaban J connectivity index is 2.56. The fourth-order valence-electron chi connectivity index (χ4n) is 2.19. The van der Waals surface area contributed by atoms with Gasteiger partial charge in [0.25, 0.3) is 0 Å². The average Bonchev–Trinajstić information content (AvgIpc) is 2.18. The summed E-state index contributed by atoms with van der Waals surface area (Å²) in [5.41, 5.74) is 0. The van der Waals surface area contributed by atoms with Gasteiger partial charge in [-0.2, -0.15) is 0 Å². The fraction of sp³-hybridized carbons (Fsp3) is 0.833. The van der Waals surface area contributed by atoms with Crippen LogP contribution >= 0.6 is 0 Å². The van der Waals surface area contributed by atoms with Crippen molar-refractivity contribution in [3.05, 3.63) is 0 Å². The van der Waals surface area contributed by atoms with Crippen LogP contribution in [0.3, 0.4) is 0 Å². The van der Waals surface area contributed by atoms with Gasteiger partial charge in [0.1, 0.15) is 0 Å². The number of hydrogen-bond donors (Lipinski definition) is 1. The number of terminal acetylenes is 1. The fourth-order valence-corrected chi connectivity index (χ4v) is 2.19. The summed E-state index contributed by atoms with van der Waals surface area (Å²) in [6, 6.07) is 1.78. The zero-order valence-corrected chi connectivity index (χ0v) is 9.59. The molecule has 0 aromatic rings. The Morgan fingerprint density at radius 3 is 2.93 bits per heavy atom. The molecular weight excluding hydrogens is 172 g/mol. The molecule has 0 amide bonds. The van der Waals surface area contributed by atoms with Gasteiger partial charge in [0, 0.05) is 37.6 Å². The molecule has 1 N–H and O–H groups in total. The van der Waals surface area contributed by atoms with E-state index in [0.717, 1.165) is 19.5 Å². The van der Waals surface area contributed by atoms with Crippen LogP contribution in [0, 0.1) is 12.3 Å². The molecule has 1 rings (SSSR count). The minimum absolute atomic E-state index is 0.523. The van der Waals surface area contributed by atoms with Gasteiger partial charge in [-0.3, -0.25) is 4.90 Å². The Bertz CT molecular complexity index is 207. The number of nitrogens with one attached hydrogen (secondary N) is 1. The lowest BCUT2D eigenvalue weighted by atomic mass is 10.0. The molecule has 1 saturated heterocycles. The van der Waals surface area contributed by atoms with Crippen molar-refractivity contribution in [1.29, 1.82) is 0 Å². The second kappa shape index (κ2) is 5.38. The second-order valence-corrected chi connectivity index (χ2v) is 4.33. The number of nitrogens with zero attached hydrogens (tertiary/aromatic N) is 1. The molecule has 0 spiro atoms. The molecule has 0 bridgehead atoms. The molecule has 1 fully saturated rings. The van der Waals surface area contributed by atoms with E-state index in [0.29, 0.717) is 18.1 Å². The third-order valence-corrected chi connectivity index (χ3v) is 3.11. The molecule has 2 heteroatoms. The van der Waals surface area contributed by atoms with Gasteiger partial charge >= 0.3 is 0 Å². The summed E-state index contributed by atoms with van der Waals surface area (Å²) in [6.07, 6.45) is 7.43. The van der Waals surface area contributed by atoms with Crippen molar-refractivity contribution in [3.8, 4) is 12.3 Å². The van der Waals surface area contributed by atoms with Crippen LogP contribution in [0.1, 0.15) is 33.6 Å². The lowest BCUT2D eigenvalue weighted by Crippen LogP contribution is -2.57. The monoisotopic (exact) mass is 194 g/mol. The predicted molar refractivity (Wildman–Crippen MR) is 61.2 cm³/mol. The third-order valence-electron chi connectivity index (χ3n) is 3.11. The van der Waals surface area contributed by atoms with E-state index in [2.05, 4.69) is 36.9 Å². The van der Waals surface area contributed by atoms with E-state index < -0.39 is 0 Å². The van der Waals surface area contributed by atoms with E-state index in [9.17, 15) is 0 Å². The smallest absolute Gasteiger partial charge is 0.0240 e. The van der Waals surface area contributed by atoms with E-state index in [1.807, 2.05) is 0 Å². The van der Waals surface area contributed by atoms with Crippen LogP contribution in [0.2, 0.25) is 0 Å². The summed E-state index contributed by atoms with van der Waals surface area (Å²) in [4.78, 5) is 2.56. The maximum atomic E-state index is 5.37. The molecule has 80 valence electrons. The van der Waals surface area contributed by atoms with Crippen molar-refractivity contribution in [3.63, 3.8) is 0 Å². The average molecular weight is 194 g/mol. The van der Waals surface area contributed by atoms with E-state index in [-0.39, 0.29) is 0 Å². The first-order chi connectivity index (χ1) is 6.69. The normalized spacial score (nSPS) is 31.0. The van der Waals surface area contributed by atoms with Gasteiger partial charge in [-0.25, -0.2) is 0 Å². The SMILES string of the molecule is C#CCC(C)N1CC(C)NCC1CC. The molecule has 3 unspecified atom stereocenters. The van der Waals surface area contributed by atoms with Crippen LogP contribution < -0.4 is 5.32 Å². The molecule has 1 heterocycles. The molecule has 1 aliphatic heterocycles. The van der Waals surface area contributed by atoms with Gasteiger partial charge in [0.15, 0.2) is 0 Å². The molecule has 1 aliphatic rings. The highest BCUT2D eigenvalue weighted by molar-refractivity contribution is 4.93. The van der Waals surface area contributed by atoms with Crippen LogP contribution in [0.15, 0.2) is 0 Å². The van der Waals surface area contributed by atoms with Crippen molar-refractivity contribution >= 4 is 0 Å². The Morgan fingerprint density at radius 1 is 1.64 bits per heavy atom. The van der Waals surface area contributed by atoms with Crippen molar-refractivity contribution in [2.24, 2.45) is 0 Å². The van der Waals surface area contributed by atoms with Crippen LogP contribution in [-0.2, 0) is 0 Å². The van der Waals surface area contributed by atoms with Crippen LogP contribution in [-0.4, -0.2) is 36.1 Å². The summed E-state index contributed by atoms with van der Waals surface area (Å²) in [7, 11) is 0. The lowest BCUT2D eigenvalue weighted by Gasteiger charge is -2.42. The van der Waals surface area contributed by atoms with Crippen LogP contribution in [0.4, 0.5) is 0 Å². The zero-order valence-electron chi connectivity index (χ0n) is 9.59. The number of rotatable bonds is 3. The molecule has 14 heavy (non-hydrogen) atoms. The van der Waals surface area contributed by atoms with Crippen LogP contribution in [0.5, 0.6) is 0 Å². The molecule has 3 atom stereocenters. The first-order valence-corrected chi connectivity index (χ1v) is 5.61. The molecule has 0 saturated carbocycles. The van der Waals surface area contributed by atoms with E-state index in [1.165, 1.54) is 6.42 Å². The largest absolute Gasteiger partial charge is 0.311 e. The highest BCUT2D eigenvalue weighted by atomic mass is 15.2. The van der Waals surface area contributed by atoms with E-state index in [1.54, 1.807) is 0 Å². The Kier molecular flexibility index (Phi) is 4.44. The molecular formula is C12H22N2. The molecule has 0 aliphatic carbocycles. The van der Waals surface area contributed by atoms with Gasteiger partial charge in [0.2, 0.25) is 0 Å². The van der Waals surface area contributed by atoms with E-state index in [4.69, 9.17) is 6.42 Å². The summed E-state index contributed by atoms with van der Waals surface area (Å²) >= 11 is 0. The topological polar surface area (TPSA) is 15.3 Å². The summed E-state index contributed by atoms with van der Waals surface area (Å²) < 4.78 is 0. The number of piperazine rings is 1. The molecule has 2 nitrogen and oxygen atoms in total. The van der Waals surface area contributed by atoms with Crippen molar-refractivity contribution in [1.82, 2.24) is 10.2 Å². The van der Waals surface area contributed by atoms with E-state index >= 15 is 0 Å². The van der Waals surface area contributed by atoms with Gasteiger partial charge in [-0.1, -0.05) is 6.92 Å².